The Balaban J connectivity index is 1.91. The molecule has 0 atom stereocenters. The number of carbonyl (C=O) groups excluding carboxylic acids is 1. The lowest BCUT2D eigenvalue weighted by molar-refractivity contribution is 0.102. The molecular formula is C16H19FN4O. The molecule has 5 nitrogen and oxygen atoms in total. The number of amides is 1. The van der Waals surface area contributed by atoms with Crippen LogP contribution in [0.3, 0.4) is 0 Å². The molecule has 6 heteroatoms. The predicted molar refractivity (Wildman–Crippen MR) is 84.4 cm³/mol. The van der Waals surface area contributed by atoms with E-state index in [0.29, 0.717) is 5.82 Å². The molecule has 22 heavy (non-hydrogen) atoms. The number of hydrogen-bond acceptors (Lipinski definition) is 4. The Bertz CT molecular complexity index is 616. The molecule has 116 valence electrons. The van der Waals surface area contributed by atoms with E-state index in [0.717, 1.165) is 25.8 Å². The summed E-state index contributed by atoms with van der Waals surface area (Å²) in [5.41, 5.74) is -0.0222. The zero-order valence-corrected chi connectivity index (χ0v) is 12.5. The second-order valence-corrected chi connectivity index (χ2v) is 4.87. The number of nitrogens with one attached hydrogen (secondary N) is 2. The maximum Gasteiger partial charge on any atom is 0.259 e. The number of benzene rings is 1. The second-order valence-electron chi connectivity index (χ2n) is 4.87. The molecule has 1 aromatic carbocycles. The number of unbranched alkanes of at least 4 members (excludes halogenated alkanes) is 2. The third kappa shape index (κ3) is 4.51. The van der Waals surface area contributed by atoms with Crippen LogP contribution >= 0.6 is 0 Å². The summed E-state index contributed by atoms with van der Waals surface area (Å²) in [5.74, 6) is -0.175. The minimum absolute atomic E-state index is 0.0222. The van der Waals surface area contributed by atoms with Crippen LogP contribution in [0.1, 0.15) is 36.5 Å². The molecular weight excluding hydrogens is 283 g/mol. The first-order valence-electron chi connectivity index (χ1n) is 7.34. The maximum absolute atomic E-state index is 13.5. The van der Waals surface area contributed by atoms with Crippen LogP contribution in [0, 0.1) is 5.82 Å². The van der Waals surface area contributed by atoms with Gasteiger partial charge in [-0.05, 0) is 30.7 Å². The van der Waals surface area contributed by atoms with Crippen LogP contribution in [0.5, 0.6) is 0 Å². The molecule has 2 aromatic rings. The molecule has 0 unspecified atom stereocenters. The lowest BCUT2D eigenvalue weighted by Gasteiger charge is -2.07. The zero-order chi connectivity index (χ0) is 15.8. The zero-order valence-electron chi connectivity index (χ0n) is 12.5. The monoisotopic (exact) mass is 302 g/mol. The molecule has 0 aliphatic heterocycles. The fourth-order valence-electron chi connectivity index (χ4n) is 1.91. The van der Waals surface area contributed by atoms with Gasteiger partial charge in [0.1, 0.15) is 11.6 Å². The highest BCUT2D eigenvalue weighted by atomic mass is 19.1. The van der Waals surface area contributed by atoms with Crippen LogP contribution in [0.15, 0.2) is 36.4 Å². The smallest absolute Gasteiger partial charge is 0.259 e. The normalized spacial score (nSPS) is 10.3. The van der Waals surface area contributed by atoms with Crippen LogP contribution in [0.4, 0.5) is 16.0 Å². The minimum atomic E-state index is -0.567. The Hall–Kier alpha value is -2.50. The summed E-state index contributed by atoms with van der Waals surface area (Å²) in [6.45, 7) is 2.98. The van der Waals surface area contributed by atoms with Gasteiger partial charge in [0, 0.05) is 6.54 Å². The van der Waals surface area contributed by atoms with Crippen LogP contribution in [-0.2, 0) is 0 Å². The molecule has 0 saturated carbocycles. The van der Waals surface area contributed by atoms with Crippen molar-refractivity contribution in [3.05, 3.63) is 47.8 Å². The molecule has 0 spiro atoms. The van der Waals surface area contributed by atoms with Crippen molar-refractivity contribution in [1.82, 2.24) is 10.2 Å². The van der Waals surface area contributed by atoms with E-state index >= 15 is 0 Å². The van der Waals surface area contributed by atoms with Gasteiger partial charge in [0.2, 0.25) is 0 Å². The predicted octanol–water partition coefficient (Wildman–Crippen LogP) is 3.47. The van der Waals surface area contributed by atoms with E-state index in [1.807, 2.05) is 0 Å². The Kier molecular flexibility index (Phi) is 5.82. The molecule has 0 fully saturated rings. The Morgan fingerprint density at radius 3 is 2.50 bits per heavy atom. The molecule has 1 amide bonds. The molecule has 1 aromatic heterocycles. The first kappa shape index (κ1) is 15.9. The number of carbonyl (C=O) groups is 1. The number of halogens is 1. The van der Waals surface area contributed by atoms with E-state index in [2.05, 4.69) is 27.8 Å². The molecule has 2 N–H and O–H groups in total. The number of anilines is 2. The van der Waals surface area contributed by atoms with E-state index in [9.17, 15) is 9.18 Å². The lowest BCUT2D eigenvalue weighted by atomic mass is 10.2. The van der Waals surface area contributed by atoms with Gasteiger partial charge in [-0.2, -0.15) is 0 Å². The largest absolute Gasteiger partial charge is 0.369 e. The highest BCUT2D eigenvalue weighted by molar-refractivity contribution is 6.03. The fourth-order valence-corrected chi connectivity index (χ4v) is 1.91. The van der Waals surface area contributed by atoms with Crippen LogP contribution < -0.4 is 10.6 Å². The quantitative estimate of drug-likeness (QED) is 0.769. The Morgan fingerprint density at radius 1 is 1.09 bits per heavy atom. The van der Waals surface area contributed by atoms with Gasteiger partial charge in [-0.1, -0.05) is 31.9 Å². The number of aromatic nitrogens is 2. The van der Waals surface area contributed by atoms with Gasteiger partial charge in [-0.15, -0.1) is 10.2 Å². The van der Waals surface area contributed by atoms with Gasteiger partial charge in [-0.3, -0.25) is 4.79 Å². The maximum atomic E-state index is 13.5. The number of rotatable bonds is 7. The molecule has 2 rings (SSSR count). The van der Waals surface area contributed by atoms with Crippen molar-refractivity contribution < 1.29 is 9.18 Å². The van der Waals surface area contributed by atoms with Gasteiger partial charge in [0.25, 0.3) is 5.91 Å². The van der Waals surface area contributed by atoms with Crippen molar-refractivity contribution in [2.45, 2.75) is 26.2 Å². The fraction of sp³-hybridized carbons (Fsp3) is 0.312. The first-order valence-corrected chi connectivity index (χ1v) is 7.34. The topological polar surface area (TPSA) is 66.9 Å². The summed E-state index contributed by atoms with van der Waals surface area (Å²) < 4.78 is 13.5. The molecule has 0 aliphatic rings. The highest BCUT2D eigenvalue weighted by Crippen LogP contribution is 2.11. The van der Waals surface area contributed by atoms with Crippen molar-refractivity contribution in [1.29, 1.82) is 0 Å². The van der Waals surface area contributed by atoms with Crippen LogP contribution in [0.2, 0.25) is 0 Å². The van der Waals surface area contributed by atoms with E-state index in [1.54, 1.807) is 18.2 Å². The minimum Gasteiger partial charge on any atom is -0.369 e. The summed E-state index contributed by atoms with van der Waals surface area (Å²) in [6.07, 6.45) is 3.40. The van der Waals surface area contributed by atoms with Crippen molar-refractivity contribution in [2.75, 3.05) is 17.2 Å². The average molecular weight is 302 g/mol. The summed E-state index contributed by atoms with van der Waals surface area (Å²) >= 11 is 0. The van der Waals surface area contributed by atoms with Crippen molar-refractivity contribution in [3.63, 3.8) is 0 Å². The van der Waals surface area contributed by atoms with Crippen molar-refractivity contribution in [3.8, 4) is 0 Å². The summed E-state index contributed by atoms with van der Waals surface area (Å²) in [4.78, 5) is 11.9. The third-order valence-corrected chi connectivity index (χ3v) is 3.11. The van der Waals surface area contributed by atoms with Gasteiger partial charge < -0.3 is 10.6 Å². The van der Waals surface area contributed by atoms with Gasteiger partial charge in [0.05, 0.1) is 5.56 Å². The van der Waals surface area contributed by atoms with Gasteiger partial charge in [-0.25, -0.2) is 4.39 Å². The molecule has 0 saturated heterocycles. The van der Waals surface area contributed by atoms with E-state index in [4.69, 9.17) is 0 Å². The van der Waals surface area contributed by atoms with Crippen molar-refractivity contribution >= 4 is 17.5 Å². The Labute approximate surface area is 129 Å². The van der Waals surface area contributed by atoms with Gasteiger partial charge in [0.15, 0.2) is 5.82 Å². The SMILES string of the molecule is CCCCCNc1ccc(NC(=O)c2ccccc2F)nn1. The van der Waals surface area contributed by atoms with E-state index < -0.39 is 11.7 Å². The molecule has 0 bridgehead atoms. The highest BCUT2D eigenvalue weighted by Gasteiger charge is 2.11. The summed E-state index contributed by atoms with van der Waals surface area (Å²) in [6, 6.07) is 9.16. The first-order chi connectivity index (χ1) is 10.7. The number of nitrogens with zero attached hydrogens (tertiary/aromatic N) is 2. The third-order valence-electron chi connectivity index (χ3n) is 3.11. The van der Waals surface area contributed by atoms with E-state index in [1.165, 1.54) is 18.2 Å². The molecule has 1 heterocycles. The van der Waals surface area contributed by atoms with E-state index in [-0.39, 0.29) is 11.4 Å². The lowest BCUT2D eigenvalue weighted by Crippen LogP contribution is -2.15. The van der Waals surface area contributed by atoms with Crippen LogP contribution in [0.25, 0.3) is 0 Å². The summed E-state index contributed by atoms with van der Waals surface area (Å²) in [5, 5.41) is 13.6. The number of hydrogen-bond donors (Lipinski definition) is 2. The van der Waals surface area contributed by atoms with Gasteiger partial charge >= 0.3 is 0 Å². The molecule has 0 radical (unpaired) electrons. The Morgan fingerprint density at radius 2 is 1.82 bits per heavy atom. The molecule has 0 aliphatic carbocycles. The van der Waals surface area contributed by atoms with Crippen LogP contribution in [-0.4, -0.2) is 22.6 Å². The average Bonchev–Trinajstić information content (AvgIpc) is 2.53. The second kappa shape index (κ2) is 8.07. The van der Waals surface area contributed by atoms with Crippen molar-refractivity contribution in [2.24, 2.45) is 0 Å². The standard InChI is InChI=1S/C16H19FN4O/c1-2-3-6-11-18-14-9-10-15(21-20-14)19-16(22)12-7-4-5-8-13(12)17/h4-5,7-10H,2-3,6,11H2,1H3,(H,18,20)(H,19,21,22). The summed E-state index contributed by atoms with van der Waals surface area (Å²) in [7, 11) is 0.